The maximum absolute atomic E-state index is 5.47. The first-order valence-corrected chi connectivity index (χ1v) is 8.20. The van der Waals surface area contributed by atoms with Gasteiger partial charge in [-0.25, -0.2) is 0 Å². The van der Waals surface area contributed by atoms with Gasteiger partial charge in [-0.05, 0) is 55.3 Å². The Hall–Kier alpha value is -2.62. The summed E-state index contributed by atoms with van der Waals surface area (Å²) in [6, 6.07) is 10.8. The highest BCUT2D eigenvalue weighted by molar-refractivity contribution is 5.85. The van der Waals surface area contributed by atoms with Gasteiger partial charge in [0.05, 0.1) is 25.8 Å². The Labute approximate surface area is 142 Å². The van der Waals surface area contributed by atoms with Crippen LogP contribution in [0.4, 0.5) is 5.69 Å². The van der Waals surface area contributed by atoms with Crippen LogP contribution in [0, 0.1) is 13.8 Å². The number of fused-ring (bicyclic) bond motifs is 2. The second kappa shape index (κ2) is 5.48. The minimum atomic E-state index is 0.262. The van der Waals surface area contributed by atoms with E-state index in [4.69, 9.17) is 9.47 Å². The molecule has 2 aromatic carbocycles. The molecule has 4 heteroatoms. The van der Waals surface area contributed by atoms with Gasteiger partial charge in [0.1, 0.15) is 11.5 Å². The smallest absolute Gasteiger partial charge is 0.119 e. The van der Waals surface area contributed by atoms with Crippen LogP contribution in [-0.2, 0) is 0 Å². The number of nitrogens with zero attached hydrogens (tertiary/aromatic N) is 1. The zero-order chi connectivity index (χ0) is 16.8. The zero-order valence-corrected chi connectivity index (χ0v) is 14.5. The second-order valence-corrected chi connectivity index (χ2v) is 6.41. The standard InChI is InChI=1S/C20H22N2O2/c1-12-7-16(24-4)10-17-18(11-21-19(12)17)22-6-5-14-9-15(23-3)8-13(2)20(14)22/h5-10,18,21H,11H2,1-4H3. The van der Waals surface area contributed by atoms with Crippen LogP contribution >= 0.6 is 0 Å². The Kier molecular flexibility index (Phi) is 3.41. The SMILES string of the molecule is COc1cc(C)c2c(c1)C(n1ccc3cc(OC)cc(C)c31)CN2. The number of nitrogens with one attached hydrogen (secondary N) is 1. The molecule has 0 saturated carbocycles. The van der Waals surface area contributed by atoms with E-state index < -0.39 is 0 Å². The van der Waals surface area contributed by atoms with Crippen molar-refractivity contribution < 1.29 is 9.47 Å². The molecule has 0 radical (unpaired) electrons. The van der Waals surface area contributed by atoms with Gasteiger partial charge in [0.25, 0.3) is 0 Å². The van der Waals surface area contributed by atoms with Crippen LogP contribution in [0.15, 0.2) is 36.5 Å². The summed E-state index contributed by atoms with van der Waals surface area (Å²) in [5.74, 6) is 1.81. The van der Waals surface area contributed by atoms with Crippen LogP contribution in [-0.4, -0.2) is 25.3 Å². The van der Waals surface area contributed by atoms with Crippen molar-refractivity contribution in [3.63, 3.8) is 0 Å². The van der Waals surface area contributed by atoms with Gasteiger partial charge >= 0.3 is 0 Å². The molecule has 124 valence electrons. The van der Waals surface area contributed by atoms with E-state index in [2.05, 4.69) is 60.3 Å². The molecular weight excluding hydrogens is 300 g/mol. The first kappa shape index (κ1) is 14.9. The van der Waals surface area contributed by atoms with Gasteiger partial charge in [0.2, 0.25) is 0 Å². The fourth-order valence-electron chi connectivity index (χ4n) is 3.82. The maximum atomic E-state index is 5.47. The maximum Gasteiger partial charge on any atom is 0.119 e. The van der Waals surface area contributed by atoms with Gasteiger partial charge in [0, 0.05) is 29.4 Å². The molecule has 1 aromatic heterocycles. The molecule has 1 N–H and O–H groups in total. The van der Waals surface area contributed by atoms with Crippen LogP contribution in [0.1, 0.15) is 22.7 Å². The van der Waals surface area contributed by atoms with Crippen LogP contribution in [0.2, 0.25) is 0 Å². The van der Waals surface area contributed by atoms with Gasteiger partial charge in [-0.15, -0.1) is 0 Å². The first-order valence-electron chi connectivity index (χ1n) is 8.20. The molecule has 4 nitrogen and oxygen atoms in total. The highest BCUT2D eigenvalue weighted by atomic mass is 16.5. The van der Waals surface area contributed by atoms with Gasteiger partial charge in [-0.2, -0.15) is 0 Å². The predicted octanol–water partition coefficient (Wildman–Crippen LogP) is 4.29. The predicted molar refractivity (Wildman–Crippen MR) is 97.6 cm³/mol. The van der Waals surface area contributed by atoms with Gasteiger partial charge in [0.15, 0.2) is 0 Å². The second-order valence-electron chi connectivity index (χ2n) is 6.41. The largest absolute Gasteiger partial charge is 0.497 e. The Morgan fingerprint density at radius 2 is 1.71 bits per heavy atom. The third-order valence-electron chi connectivity index (χ3n) is 4.95. The minimum Gasteiger partial charge on any atom is -0.497 e. The van der Waals surface area contributed by atoms with Crippen molar-refractivity contribution in [1.82, 2.24) is 4.57 Å². The Balaban J connectivity index is 1.88. The minimum absolute atomic E-state index is 0.262. The molecule has 4 rings (SSSR count). The molecule has 3 aromatic rings. The lowest BCUT2D eigenvalue weighted by atomic mass is 10.0. The van der Waals surface area contributed by atoms with E-state index in [1.165, 1.54) is 33.3 Å². The summed E-state index contributed by atoms with van der Waals surface area (Å²) >= 11 is 0. The number of aryl methyl sites for hydroxylation is 2. The van der Waals surface area contributed by atoms with Crippen LogP contribution < -0.4 is 14.8 Å². The Bertz CT molecular complexity index is 927. The lowest BCUT2D eigenvalue weighted by Crippen LogP contribution is -2.12. The monoisotopic (exact) mass is 322 g/mol. The van der Waals surface area contributed by atoms with E-state index in [1.807, 2.05) is 0 Å². The van der Waals surface area contributed by atoms with Gasteiger partial charge in [-0.1, -0.05) is 0 Å². The third-order valence-corrected chi connectivity index (χ3v) is 4.95. The number of aromatic nitrogens is 1. The van der Waals surface area contributed by atoms with E-state index in [1.54, 1.807) is 14.2 Å². The topological polar surface area (TPSA) is 35.4 Å². The molecule has 24 heavy (non-hydrogen) atoms. The fraction of sp³-hybridized carbons (Fsp3) is 0.300. The van der Waals surface area contributed by atoms with Crippen LogP contribution in [0.5, 0.6) is 11.5 Å². The number of hydrogen-bond acceptors (Lipinski definition) is 3. The van der Waals surface area contributed by atoms with Crippen molar-refractivity contribution >= 4 is 16.6 Å². The molecule has 1 aliphatic heterocycles. The quantitative estimate of drug-likeness (QED) is 0.781. The molecule has 0 saturated heterocycles. The number of rotatable bonds is 3. The van der Waals surface area contributed by atoms with Crippen LogP contribution in [0.3, 0.4) is 0 Å². The number of methoxy groups -OCH3 is 2. The van der Waals surface area contributed by atoms with E-state index in [9.17, 15) is 0 Å². The molecule has 0 bridgehead atoms. The Morgan fingerprint density at radius 1 is 1.00 bits per heavy atom. The van der Waals surface area contributed by atoms with Gasteiger partial charge in [-0.3, -0.25) is 0 Å². The summed E-state index contributed by atoms with van der Waals surface area (Å²) in [6.45, 7) is 5.15. The summed E-state index contributed by atoms with van der Waals surface area (Å²) in [7, 11) is 3.43. The average molecular weight is 322 g/mol. The summed E-state index contributed by atoms with van der Waals surface area (Å²) in [6.07, 6.45) is 2.17. The van der Waals surface area contributed by atoms with E-state index in [0.717, 1.165) is 18.0 Å². The fourth-order valence-corrected chi connectivity index (χ4v) is 3.82. The highest BCUT2D eigenvalue weighted by Crippen LogP contribution is 2.40. The normalized spacial score (nSPS) is 16.1. The molecule has 2 heterocycles. The Morgan fingerprint density at radius 3 is 2.46 bits per heavy atom. The van der Waals surface area contributed by atoms with Crippen LogP contribution in [0.25, 0.3) is 10.9 Å². The summed E-state index contributed by atoms with van der Waals surface area (Å²) in [5.41, 5.74) is 6.23. The molecule has 1 atom stereocenters. The van der Waals surface area contributed by atoms with Crippen molar-refractivity contribution in [3.05, 3.63) is 53.2 Å². The lowest BCUT2D eigenvalue weighted by Gasteiger charge is -2.17. The summed E-state index contributed by atoms with van der Waals surface area (Å²) in [5, 5.41) is 4.77. The molecule has 1 aliphatic rings. The highest BCUT2D eigenvalue weighted by Gasteiger charge is 2.27. The first-order chi connectivity index (χ1) is 11.6. The molecule has 1 unspecified atom stereocenters. The summed E-state index contributed by atoms with van der Waals surface area (Å²) < 4.78 is 13.2. The molecule has 0 amide bonds. The van der Waals surface area contributed by atoms with E-state index in [0.29, 0.717) is 0 Å². The van der Waals surface area contributed by atoms with Crippen molar-refractivity contribution in [1.29, 1.82) is 0 Å². The molecular formula is C20H22N2O2. The van der Waals surface area contributed by atoms with Crippen molar-refractivity contribution in [2.45, 2.75) is 19.9 Å². The number of anilines is 1. The average Bonchev–Trinajstić information content (AvgIpc) is 3.18. The van der Waals surface area contributed by atoms with Gasteiger partial charge < -0.3 is 19.4 Å². The van der Waals surface area contributed by atoms with Crippen molar-refractivity contribution in [2.75, 3.05) is 26.1 Å². The number of benzene rings is 2. The van der Waals surface area contributed by atoms with E-state index >= 15 is 0 Å². The summed E-state index contributed by atoms with van der Waals surface area (Å²) in [4.78, 5) is 0. The third kappa shape index (κ3) is 2.13. The molecule has 0 aliphatic carbocycles. The number of hydrogen-bond donors (Lipinski definition) is 1. The number of ether oxygens (including phenoxy) is 2. The lowest BCUT2D eigenvalue weighted by molar-refractivity contribution is 0.413. The van der Waals surface area contributed by atoms with E-state index in [-0.39, 0.29) is 6.04 Å². The van der Waals surface area contributed by atoms with Crippen molar-refractivity contribution in [3.8, 4) is 11.5 Å². The zero-order valence-electron chi connectivity index (χ0n) is 14.5. The molecule has 0 fully saturated rings. The molecule has 0 spiro atoms. The van der Waals surface area contributed by atoms with Crippen molar-refractivity contribution in [2.24, 2.45) is 0 Å².